The summed E-state index contributed by atoms with van der Waals surface area (Å²) in [5, 5.41) is 1.39. The minimum atomic E-state index is -0.733. The Balaban J connectivity index is 1.92. The number of aliphatic imine (C=N–C) groups is 1. The van der Waals surface area contributed by atoms with E-state index in [1.54, 1.807) is 12.4 Å². The van der Waals surface area contributed by atoms with Crippen LogP contribution >= 0.6 is 23.4 Å². The highest BCUT2D eigenvalue weighted by Crippen LogP contribution is 2.45. The maximum Gasteiger partial charge on any atom is 0.269 e. The molecule has 1 unspecified atom stereocenters. The van der Waals surface area contributed by atoms with Crippen molar-refractivity contribution < 1.29 is 4.79 Å². The number of pyridine rings is 1. The topological polar surface area (TPSA) is 45.6 Å². The van der Waals surface area contributed by atoms with E-state index < -0.39 is 10.3 Å². The number of thioether (sulfide) groups is 1. The van der Waals surface area contributed by atoms with Gasteiger partial charge in [-0.3, -0.25) is 9.78 Å². The Morgan fingerprint density at radius 1 is 1.16 bits per heavy atom. The third-order valence-corrected chi connectivity index (χ3v) is 6.49. The zero-order chi connectivity index (χ0) is 18.2. The van der Waals surface area contributed by atoms with E-state index in [1.807, 2.05) is 55.3 Å². The fourth-order valence-corrected chi connectivity index (χ4v) is 4.43. The summed E-state index contributed by atoms with van der Waals surface area (Å²) in [7, 11) is 1.95. The predicted molar refractivity (Wildman–Crippen MR) is 104 cm³/mol. The predicted octanol–water partition coefficient (Wildman–Crippen LogP) is 4.45. The molecular weight excluding hydrogens is 354 g/mol. The lowest BCUT2D eigenvalue weighted by molar-refractivity contribution is -0.119. The molecule has 1 aliphatic heterocycles. The molecule has 2 aromatic rings. The van der Waals surface area contributed by atoms with Gasteiger partial charge in [-0.2, -0.15) is 4.99 Å². The second-order valence-electron chi connectivity index (χ2n) is 6.67. The zero-order valence-electron chi connectivity index (χ0n) is 14.7. The SMILES string of the molecule is CN(C1=NC(=O)C(C)(c2ccncc2)S1)C(C)(C)c1ccccc1Cl. The van der Waals surface area contributed by atoms with Crippen molar-refractivity contribution in [3.63, 3.8) is 0 Å². The monoisotopic (exact) mass is 373 g/mol. The van der Waals surface area contributed by atoms with Crippen LogP contribution in [0.4, 0.5) is 0 Å². The Morgan fingerprint density at radius 3 is 2.44 bits per heavy atom. The number of carbonyl (C=O) groups is 1. The average molecular weight is 374 g/mol. The van der Waals surface area contributed by atoms with Crippen LogP contribution in [0.1, 0.15) is 31.9 Å². The van der Waals surface area contributed by atoms with Gasteiger partial charge in [0.15, 0.2) is 5.17 Å². The molecule has 1 aromatic carbocycles. The Bertz CT molecular complexity index is 838. The lowest BCUT2D eigenvalue weighted by atomic mass is 9.93. The highest BCUT2D eigenvalue weighted by Gasteiger charge is 2.45. The third kappa shape index (κ3) is 3.07. The van der Waals surface area contributed by atoms with Crippen molar-refractivity contribution in [2.45, 2.75) is 31.1 Å². The molecule has 1 amide bonds. The van der Waals surface area contributed by atoms with Gasteiger partial charge in [-0.25, -0.2) is 0 Å². The lowest BCUT2D eigenvalue weighted by Crippen LogP contribution is -2.41. The van der Waals surface area contributed by atoms with Crippen LogP contribution in [0.15, 0.2) is 53.8 Å². The van der Waals surface area contributed by atoms with Crippen molar-refractivity contribution in [3.8, 4) is 0 Å². The first kappa shape index (κ1) is 18.0. The molecular formula is C19H20ClN3OS. The molecule has 25 heavy (non-hydrogen) atoms. The van der Waals surface area contributed by atoms with Gasteiger partial charge in [0, 0.05) is 24.5 Å². The summed E-state index contributed by atoms with van der Waals surface area (Å²) in [6.07, 6.45) is 3.40. The number of hydrogen-bond donors (Lipinski definition) is 0. The van der Waals surface area contributed by atoms with Gasteiger partial charge in [0.05, 0.1) is 5.54 Å². The minimum Gasteiger partial charge on any atom is -0.345 e. The first-order chi connectivity index (χ1) is 11.8. The summed E-state index contributed by atoms with van der Waals surface area (Å²) in [6, 6.07) is 11.5. The van der Waals surface area contributed by atoms with Gasteiger partial charge in [0.25, 0.3) is 5.91 Å². The van der Waals surface area contributed by atoms with Gasteiger partial charge >= 0.3 is 0 Å². The molecule has 0 aliphatic carbocycles. The van der Waals surface area contributed by atoms with E-state index in [9.17, 15) is 4.79 Å². The molecule has 1 atom stereocenters. The molecule has 0 radical (unpaired) electrons. The molecule has 1 aromatic heterocycles. The average Bonchev–Trinajstić information content (AvgIpc) is 2.91. The van der Waals surface area contributed by atoms with Gasteiger partial charge in [-0.1, -0.05) is 41.6 Å². The first-order valence-electron chi connectivity index (χ1n) is 7.98. The maximum absolute atomic E-state index is 12.7. The zero-order valence-corrected chi connectivity index (χ0v) is 16.2. The van der Waals surface area contributed by atoms with Crippen LogP contribution in [-0.2, 0) is 15.1 Å². The van der Waals surface area contributed by atoms with Gasteiger partial charge in [-0.15, -0.1) is 0 Å². The number of amides is 1. The van der Waals surface area contributed by atoms with Crippen molar-refractivity contribution >= 4 is 34.4 Å². The van der Waals surface area contributed by atoms with Crippen LogP contribution in [0.5, 0.6) is 0 Å². The maximum atomic E-state index is 12.7. The van der Waals surface area contributed by atoms with E-state index in [-0.39, 0.29) is 5.91 Å². The van der Waals surface area contributed by atoms with Crippen LogP contribution in [0.2, 0.25) is 5.02 Å². The van der Waals surface area contributed by atoms with Crippen LogP contribution in [0, 0.1) is 0 Å². The quantitative estimate of drug-likeness (QED) is 0.797. The highest BCUT2D eigenvalue weighted by atomic mass is 35.5. The molecule has 3 rings (SSSR count). The number of aromatic nitrogens is 1. The van der Waals surface area contributed by atoms with Gasteiger partial charge in [0.1, 0.15) is 4.75 Å². The van der Waals surface area contributed by atoms with Crippen molar-refractivity contribution in [2.24, 2.45) is 4.99 Å². The smallest absolute Gasteiger partial charge is 0.269 e. The fourth-order valence-electron chi connectivity index (χ4n) is 2.82. The number of halogens is 1. The molecule has 0 bridgehead atoms. The Labute approximate surface area is 157 Å². The van der Waals surface area contributed by atoms with Crippen LogP contribution in [-0.4, -0.2) is 28.0 Å². The lowest BCUT2D eigenvalue weighted by Gasteiger charge is -2.38. The normalized spacial score (nSPS) is 20.5. The Hall–Kier alpha value is -1.85. The molecule has 0 saturated carbocycles. The number of carbonyl (C=O) groups excluding carboxylic acids is 1. The minimum absolute atomic E-state index is 0.152. The largest absolute Gasteiger partial charge is 0.345 e. The van der Waals surface area contributed by atoms with Crippen molar-refractivity contribution in [1.29, 1.82) is 0 Å². The van der Waals surface area contributed by atoms with Crippen molar-refractivity contribution in [3.05, 3.63) is 64.9 Å². The molecule has 0 N–H and O–H groups in total. The summed E-state index contributed by atoms with van der Waals surface area (Å²) < 4.78 is -0.733. The van der Waals surface area contributed by atoms with E-state index in [0.717, 1.165) is 11.1 Å². The van der Waals surface area contributed by atoms with Gasteiger partial charge in [0.2, 0.25) is 0 Å². The number of amidine groups is 1. The number of nitrogens with zero attached hydrogens (tertiary/aromatic N) is 3. The Morgan fingerprint density at radius 2 is 1.80 bits per heavy atom. The van der Waals surface area contributed by atoms with Crippen LogP contribution in [0.25, 0.3) is 0 Å². The fraction of sp³-hybridized carbons (Fsp3) is 0.316. The summed E-state index contributed by atoms with van der Waals surface area (Å²) in [6.45, 7) is 6.05. The van der Waals surface area contributed by atoms with E-state index >= 15 is 0 Å². The molecule has 0 saturated heterocycles. The highest BCUT2D eigenvalue weighted by molar-refractivity contribution is 8.15. The van der Waals surface area contributed by atoms with Crippen LogP contribution in [0.3, 0.4) is 0 Å². The first-order valence-corrected chi connectivity index (χ1v) is 9.18. The molecule has 2 heterocycles. The number of benzene rings is 1. The molecule has 0 fully saturated rings. The van der Waals surface area contributed by atoms with Gasteiger partial charge < -0.3 is 4.90 Å². The summed E-state index contributed by atoms with van der Waals surface area (Å²) in [5.41, 5.74) is 1.49. The molecule has 0 spiro atoms. The third-order valence-electron chi connectivity index (χ3n) is 4.79. The number of rotatable bonds is 3. The second kappa shape index (κ2) is 6.46. The Kier molecular flexibility index (Phi) is 4.64. The van der Waals surface area contributed by atoms with Crippen molar-refractivity contribution in [1.82, 2.24) is 9.88 Å². The number of hydrogen-bond acceptors (Lipinski definition) is 4. The van der Waals surface area contributed by atoms with E-state index in [1.165, 1.54) is 11.8 Å². The van der Waals surface area contributed by atoms with Crippen LogP contribution < -0.4 is 0 Å². The molecule has 1 aliphatic rings. The molecule has 6 heteroatoms. The standard InChI is InChI=1S/C19H20ClN3OS/c1-18(2,14-7-5-6-8-15(14)20)23(4)17-22-16(24)19(3,25-17)13-9-11-21-12-10-13/h5-12H,1-4H3. The summed E-state index contributed by atoms with van der Waals surface area (Å²) in [4.78, 5) is 23.1. The van der Waals surface area contributed by atoms with Crippen molar-refractivity contribution in [2.75, 3.05) is 7.05 Å². The van der Waals surface area contributed by atoms with E-state index in [0.29, 0.717) is 10.2 Å². The summed E-state index contributed by atoms with van der Waals surface area (Å²) >= 11 is 7.86. The summed E-state index contributed by atoms with van der Waals surface area (Å²) in [5.74, 6) is -0.152. The van der Waals surface area contributed by atoms with E-state index in [2.05, 4.69) is 23.8 Å². The van der Waals surface area contributed by atoms with Gasteiger partial charge in [-0.05, 0) is 50.1 Å². The second-order valence-corrected chi connectivity index (χ2v) is 8.46. The molecule has 130 valence electrons. The molecule has 4 nitrogen and oxygen atoms in total. The van der Waals surface area contributed by atoms with E-state index in [4.69, 9.17) is 11.6 Å².